The minimum atomic E-state index is -0.940. The van der Waals surface area contributed by atoms with Crippen molar-refractivity contribution in [3.05, 3.63) is 60.2 Å². The maximum atomic E-state index is 11.3. The molecular weight excluding hydrogens is 272 g/mol. The van der Waals surface area contributed by atoms with E-state index in [9.17, 15) is 4.79 Å². The number of rotatable bonds is 5. The highest BCUT2D eigenvalue weighted by molar-refractivity contribution is 5.63. The van der Waals surface area contributed by atoms with Crippen LogP contribution in [0.3, 0.4) is 0 Å². The molecule has 2 aromatic rings. The largest absolute Gasteiger partial charge is 0.542 e. The first-order valence-corrected chi connectivity index (χ1v) is 6.22. The number of carbonyl (C=O) groups excluding carboxylic acids is 1. The summed E-state index contributed by atoms with van der Waals surface area (Å²) < 4.78 is 10.0. The van der Waals surface area contributed by atoms with Crippen LogP contribution in [0, 0.1) is 0 Å². The third kappa shape index (κ3) is 4.61. The van der Waals surface area contributed by atoms with Crippen molar-refractivity contribution in [1.82, 2.24) is 0 Å². The van der Waals surface area contributed by atoms with Crippen molar-refractivity contribution in [2.24, 2.45) is 10.4 Å². The molecular formula is C15H14N2O4. The van der Waals surface area contributed by atoms with E-state index in [1.807, 2.05) is 30.3 Å². The Hall–Kier alpha value is -2.89. The quantitative estimate of drug-likeness (QED) is 0.363. The zero-order chi connectivity index (χ0) is 14.9. The SMILES string of the molecule is COc1ccccc1CN=NOC(=O)Oc1ccccc1. The normalized spacial score (nSPS) is 10.3. The predicted molar refractivity (Wildman–Crippen MR) is 75.1 cm³/mol. The van der Waals surface area contributed by atoms with Crippen LogP contribution in [-0.2, 0) is 11.4 Å². The fourth-order valence-electron chi connectivity index (χ4n) is 1.60. The minimum absolute atomic E-state index is 0.239. The molecule has 0 saturated carbocycles. The molecule has 0 aromatic heterocycles. The van der Waals surface area contributed by atoms with E-state index in [1.54, 1.807) is 31.4 Å². The van der Waals surface area contributed by atoms with Crippen LogP contribution in [0.15, 0.2) is 65.0 Å². The lowest BCUT2D eigenvalue weighted by atomic mass is 10.2. The van der Waals surface area contributed by atoms with Gasteiger partial charge in [0, 0.05) is 10.8 Å². The van der Waals surface area contributed by atoms with Crippen LogP contribution in [0.1, 0.15) is 5.56 Å². The highest BCUT2D eigenvalue weighted by Gasteiger charge is 2.05. The second-order valence-electron chi connectivity index (χ2n) is 3.95. The summed E-state index contributed by atoms with van der Waals surface area (Å²) >= 11 is 0. The van der Waals surface area contributed by atoms with Crippen LogP contribution in [-0.4, -0.2) is 13.3 Å². The minimum Gasteiger partial charge on any atom is -0.496 e. The van der Waals surface area contributed by atoms with E-state index in [0.29, 0.717) is 11.5 Å². The number of hydrogen-bond donors (Lipinski definition) is 0. The van der Waals surface area contributed by atoms with Gasteiger partial charge in [0.15, 0.2) is 0 Å². The molecule has 21 heavy (non-hydrogen) atoms. The Morgan fingerprint density at radius 3 is 2.52 bits per heavy atom. The monoisotopic (exact) mass is 286 g/mol. The Kier molecular flexibility index (Phi) is 5.28. The van der Waals surface area contributed by atoms with E-state index < -0.39 is 6.16 Å². The third-order valence-corrected chi connectivity index (χ3v) is 2.55. The Labute approximate surface area is 121 Å². The summed E-state index contributed by atoms with van der Waals surface area (Å²) in [5.74, 6) is 1.07. The van der Waals surface area contributed by atoms with Crippen molar-refractivity contribution in [2.75, 3.05) is 7.11 Å². The zero-order valence-electron chi connectivity index (χ0n) is 11.4. The Morgan fingerprint density at radius 2 is 1.76 bits per heavy atom. The molecule has 0 atom stereocenters. The Balaban J connectivity index is 1.81. The first kappa shape index (κ1) is 14.5. The maximum absolute atomic E-state index is 11.3. The number of para-hydroxylation sites is 2. The van der Waals surface area contributed by atoms with E-state index >= 15 is 0 Å². The van der Waals surface area contributed by atoms with Crippen LogP contribution in [0.4, 0.5) is 4.79 Å². The summed E-state index contributed by atoms with van der Waals surface area (Å²) in [6.07, 6.45) is -0.940. The molecule has 0 radical (unpaired) electrons. The van der Waals surface area contributed by atoms with Crippen LogP contribution >= 0.6 is 0 Å². The second-order valence-corrected chi connectivity index (χ2v) is 3.95. The third-order valence-electron chi connectivity index (χ3n) is 2.55. The number of benzene rings is 2. The van der Waals surface area contributed by atoms with Gasteiger partial charge in [-0.25, -0.2) is 4.79 Å². The van der Waals surface area contributed by atoms with Crippen molar-refractivity contribution < 1.29 is 19.1 Å². The smallest absolute Gasteiger partial charge is 0.496 e. The van der Waals surface area contributed by atoms with E-state index in [4.69, 9.17) is 9.47 Å². The number of nitrogens with zero attached hydrogens (tertiary/aromatic N) is 2. The fraction of sp³-hybridized carbons (Fsp3) is 0.133. The first-order chi connectivity index (χ1) is 10.3. The number of ether oxygens (including phenoxy) is 2. The van der Waals surface area contributed by atoms with Gasteiger partial charge in [0.25, 0.3) is 0 Å². The molecule has 0 saturated heterocycles. The molecule has 0 N–H and O–H groups in total. The summed E-state index contributed by atoms with van der Waals surface area (Å²) in [5, 5.41) is 7.09. The molecule has 6 heteroatoms. The standard InChI is InChI=1S/C15H14N2O4/c1-19-14-10-6-5-7-12(14)11-16-17-21-15(18)20-13-8-3-2-4-9-13/h2-10H,11H2,1H3. The van der Waals surface area contributed by atoms with Gasteiger partial charge in [0.2, 0.25) is 0 Å². The zero-order valence-corrected chi connectivity index (χ0v) is 11.4. The predicted octanol–water partition coefficient (Wildman–Crippen LogP) is 3.78. The van der Waals surface area contributed by atoms with Crippen molar-refractivity contribution in [1.29, 1.82) is 0 Å². The molecule has 0 aliphatic heterocycles. The van der Waals surface area contributed by atoms with Gasteiger partial charge in [-0.3, -0.25) is 4.84 Å². The van der Waals surface area contributed by atoms with E-state index in [1.165, 1.54) is 0 Å². The molecule has 0 amide bonds. The summed E-state index contributed by atoms with van der Waals surface area (Å²) in [5.41, 5.74) is 0.837. The van der Waals surface area contributed by atoms with Crippen molar-refractivity contribution in [3.63, 3.8) is 0 Å². The van der Waals surface area contributed by atoms with Crippen LogP contribution in [0.5, 0.6) is 11.5 Å². The number of methoxy groups -OCH3 is 1. The Morgan fingerprint density at radius 1 is 1.05 bits per heavy atom. The second kappa shape index (κ2) is 7.64. The number of hydrogen-bond acceptors (Lipinski definition) is 6. The van der Waals surface area contributed by atoms with E-state index in [2.05, 4.69) is 15.2 Å². The molecule has 6 nitrogen and oxygen atoms in total. The van der Waals surface area contributed by atoms with Gasteiger partial charge in [0.05, 0.1) is 13.7 Å². The summed E-state index contributed by atoms with van der Waals surface area (Å²) in [6.45, 7) is 0.239. The lowest BCUT2D eigenvalue weighted by Crippen LogP contribution is -2.06. The average Bonchev–Trinajstić information content (AvgIpc) is 2.53. The van der Waals surface area contributed by atoms with Gasteiger partial charge in [-0.1, -0.05) is 36.4 Å². The van der Waals surface area contributed by atoms with Crippen molar-refractivity contribution >= 4 is 6.16 Å². The molecule has 0 fully saturated rings. The molecule has 108 valence electrons. The topological polar surface area (TPSA) is 69.5 Å². The van der Waals surface area contributed by atoms with Gasteiger partial charge in [-0.2, -0.15) is 0 Å². The summed E-state index contributed by atoms with van der Waals surface area (Å²) in [7, 11) is 1.57. The molecule has 0 spiro atoms. The van der Waals surface area contributed by atoms with E-state index in [0.717, 1.165) is 5.56 Å². The van der Waals surface area contributed by atoms with Crippen LogP contribution < -0.4 is 9.47 Å². The highest BCUT2D eigenvalue weighted by Crippen LogP contribution is 2.18. The maximum Gasteiger partial charge on any atom is 0.542 e. The van der Waals surface area contributed by atoms with Crippen molar-refractivity contribution in [3.8, 4) is 11.5 Å². The van der Waals surface area contributed by atoms with Gasteiger partial charge >= 0.3 is 6.16 Å². The van der Waals surface area contributed by atoms with Crippen LogP contribution in [0.25, 0.3) is 0 Å². The molecule has 0 unspecified atom stereocenters. The fourth-order valence-corrected chi connectivity index (χ4v) is 1.60. The Bertz CT molecular complexity index is 614. The summed E-state index contributed by atoms with van der Waals surface area (Å²) in [6, 6.07) is 15.9. The first-order valence-electron chi connectivity index (χ1n) is 6.22. The molecule has 2 aromatic carbocycles. The van der Waals surface area contributed by atoms with Gasteiger partial charge in [-0.15, -0.1) is 5.11 Å². The molecule has 0 aliphatic rings. The highest BCUT2D eigenvalue weighted by atomic mass is 16.8. The van der Waals surface area contributed by atoms with Gasteiger partial charge in [-0.05, 0) is 18.2 Å². The average molecular weight is 286 g/mol. The molecule has 0 bridgehead atoms. The van der Waals surface area contributed by atoms with Gasteiger partial charge < -0.3 is 9.47 Å². The van der Waals surface area contributed by atoms with Crippen LogP contribution in [0.2, 0.25) is 0 Å². The lowest BCUT2D eigenvalue weighted by molar-refractivity contribution is 0.0932. The lowest BCUT2D eigenvalue weighted by Gasteiger charge is -2.04. The summed E-state index contributed by atoms with van der Waals surface area (Å²) in [4.78, 5) is 15.8. The molecule has 2 rings (SSSR count). The number of carbonyl (C=O) groups is 1. The molecule has 0 aliphatic carbocycles. The van der Waals surface area contributed by atoms with Gasteiger partial charge in [0.1, 0.15) is 11.5 Å². The van der Waals surface area contributed by atoms with E-state index in [-0.39, 0.29) is 6.54 Å². The molecule has 0 heterocycles. The van der Waals surface area contributed by atoms with Crippen molar-refractivity contribution in [2.45, 2.75) is 6.54 Å².